The van der Waals surface area contributed by atoms with Crippen LogP contribution >= 0.6 is 0 Å². The van der Waals surface area contributed by atoms with Gasteiger partial charge in [-0.1, -0.05) is 0 Å². The number of nitrogens with zero attached hydrogens (tertiary/aromatic N) is 4. The molecule has 1 aliphatic heterocycles. The number of hydrogen-bond acceptors (Lipinski definition) is 5. The maximum absolute atomic E-state index is 12.7. The molecule has 1 N–H and O–H groups in total. The Labute approximate surface area is 154 Å². The van der Waals surface area contributed by atoms with Gasteiger partial charge in [-0.15, -0.1) is 0 Å². The molecule has 26 heavy (non-hydrogen) atoms. The van der Waals surface area contributed by atoms with Crippen LogP contribution in [0.25, 0.3) is 5.65 Å². The van der Waals surface area contributed by atoms with Crippen LogP contribution in [0.3, 0.4) is 0 Å². The van der Waals surface area contributed by atoms with E-state index in [0.717, 1.165) is 39.1 Å². The minimum atomic E-state index is -0.0815. The molecule has 0 saturated carbocycles. The highest BCUT2D eigenvalue weighted by molar-refractivity contribution is 5.94. The molecular weight excluding hydrogens is 330 g/mol. The van der Waals surface area contributed by atoms with Gasteiger partial charge in [0.05, 0.1) is 12.3 Å². The van der Waals surface area contributed by atoms with Gasteiger partial charge in [0, 0.05) is 38.9 Å². The lowest BCUT2D eigenvalue weighted by Crippen LogP contribution is -2.45. The molecule has 142 valence electrons. The Bertz CT molecular complexity index is 750. The van der Waals surface area contributed by atoms with Crippen LogP contribution in [0.2, 0.25) is 0 Å². The summed E-state index contributed by atoms with van der Waals surface area (Å²) >= 11 is 0. The van der Waals surface area contributed by atoms with E-state index >= 15 is 0 Å². The Hall–Kier alpha value is -2.12. The highest BCUT2D eigenvalue weighted by Gasteiger charge is 2.18. The normalized spacial score (nSPS) is 16.1. The number of pyridine rings is 1. The highest BCUT2D eigenvalue weighted by Crippen LogP contribution is 2.22. The number of rotatable bonds is 7. The minimum absolute atomic E-state index is 0.0815. The second-order valence-corrected chi connectivity index (χ2v) is 6.80. The number of ether oxygens (including phenoxy) is 1. The van der Waals surface area contributed by atoms with Crippen molar-refractivity contribution in [2.75, 3.05) is 52.9 Å². The molecule has 0 bridgehead atoms. The number of carbonyl (C=O) groups excluding carboxylic acids is 1. The van der Waals surface area contributed by atoms with E-state index in [9.17, 15) is 4.79 Å². The molecule has 1 saturated heterocycles. The van der Waals surface area contributed by atoms with Gasteiger partial charge in [0.2, 0.25) is 0 Å². The molecule has 1 amide bonds. The van der Waals surface area contributed by atoms with Crippen molar-refractivity contribution < 1.29 is 9.53 Å². The van der Waals surface area contributed by atoms with Crippen LogP contribution < -0.4 is 10.1 Å². The lowest BCUT2D eigenvalue weighted by Gasteiger charge is -2.32. The molecule has 0 unspecified atom stereocenters. The average molecular weight is 359 g/mol. The first-order valence-electron chi connectivity index (χ1n) is 9.39. The zero-order chi connectivity index (χ0) is 18.5. The molecular formula is C19H29N5O2. The highest BCUT2D eigenvalue weighted by atomic mass is 16.5. The Kier molecular flexibility index (Phi) is 6.11. The quantitative estimate of drug-likeness (QED) is 0.758. The number of amides is 1. The van der Waals surface area contributed by atoms with E-state index in [4.69, 9.17) is 4.74 Å². The lowest BCUT2D eigenvalue weighted by molar-refractivity contribution is 0.0943. The Morgan fingerprint density at radius 3 is 2.81 bits per heavy atom. The van der Waals surface area contributed by atoms with Gasteiger partial charge < -0.3 is 19.9 Å². The third-order valence-electron chi connectivity index (χ3n) is 4.84. The van der Waals surface area contributed by atoms with Crippen LogP contribution in [-0.4, -0.2) is 78.0 Å². The molecule has 0 spiro atoms. The smallest absolute Gasteiger partial charge is 0.270 e. The van der Waals surface area contributed by atoms with Crippen LogP contribution in [0, 0.1) is 6.92 Å². The second-order valence-electron chi connectivity index (χ2n) is 6.80. The summed E-state index contributed by atoms with van der Waals surface area (Å²) in [7, 11) is 2.16. The van der Waals surface area contributed by atoms with Crippen molar-refractivity contribution in [3.63, 3.8) is 0 Å². The number of aromatic nitrogens is 2. The molecule has 2 aromatic heterocycles. The van der Waals surface area contributed by atoms with Gasteiger partial charge in [0.15, 0.2) is 11.4 Å². The first-order chi connectivity index (χ1) is 12.6. The summed E-state index contributed by atoms with van der Waals surface area (Å²) < 4.78 is 7.43. The van der Waals surface area contributed by atoms with Gasteiger partial charge in [-0.05, 0) is 46.0 Å². The van der Waals surface area contributed by atoms with E-state index in [1.807, 2.05) is 36.6 Å². The fraction of sp³-hybridized carbons (Fsp3) is 0.579. The van der Waals surface area contributed by atoms with Gasteiger partial charge in [-0.2, -0.15) is 0 Å². The number of hydrogen-bond donors (Lipinski definition) is 1. The van der Waals surface area contributed by atoms with Crippen molar-refractivity contribution in [2.45, 2.75) is 20.3 Å². The van der Waals surface area contributed by atoms with E-state index in [2.05, 4.69) is 27.1 Å². The Balaban J connectivity index is 1.58. The maximum Gasteiger partial charge on any atom is 0.270 e. The first-order valence-corrected chi connectivity index (χ1v) is 9.39. The summed E-state index contributed by atoms with van der Waals surface area (Å²) in [5.41, 5.74) is 1.99. The van der Waals surface area contributed by atoms with E-state index in [0.29, 0.717) is 35.9 Å². The van der Waals surface area contributed by atoms with E-state index < -0.39 is 0 Å². The zero-order valence-electron chi connectivity index (χ0n) is 16.0. The molecule has 3 rings (SSSR count). The summed E-state index contributed by atoms with van der Waals surface area (Å²) in [6.45, 7) is 10.5. The third-order valence-corrected chi connectivity index (χ3v) is 4.84. The van der Waals surface area contributed by atoms with Crippen LogP contribution in [0.5, 0.6) is 5.75 Å². The lowest BCUT2D eigenvalue weighted by atomic mass is 10.3. The SMILES string of the molecule is CCOc1cccn2c(C(=O)NCCCN3CCN(C)CC3)c(C)nc12. The van der Waals surface area contributed by atoms with Gasteiger partial charge >= 0.3 is 0 Å². The number of imidazole rings is 1. The Morgan fingerprint density at radius 1 is 1.31 bits per heavy atom. The van der Waals surface area contributed by atoms with Crippen molar-refractivity contribution in [3.8, 4) is 5.75 Å². The second kappa shape index (κ2) is 8.51. The molecule has 1 fully saturated rings. The van der Waals surface area contributed by atoms with Crippen molar-refractivity contribution in [3.05, 3.63) is 29.7 Å². The average Bonchev–Trinajstić information content (AvgIpc) is 2.97. The molecule has 3 heterocycles. The van der Waals surface area contributed by atoms with Crippen molar-refractivity contribution >= 4 is 11.6 Å². The fourth-order valence-corrected chi connectivity index (χ4v) is 3.36. The predicted molar refractivity (Wildman–Crippen MR) is 102 cm³/mol. The number of likely N-dealkylation sites (N-methyl/N-ethyl adjacent to an activating group) is 1. The van der Waals surface area contributed by atoms with Crippen LogP contribution in [0.15, 0.2) is 18.3 Å². The monoisotopic (exact) mass is 359 g/mol. The molecule has 1 aliphatic rings. The number of aryl methyl sites for hydroxylation is 1. The van der Waals surface area contributed by atoms with Crippen molar-refractivity contribution in [1.82, 2.24) is 24.5 Å². The molecule has 0 radical (unpaired) electrons. The number of piperazine rings is 1. The topological polar surface area (TPSA) is 62.1 Å². The standard InChI is InChI=1S/C19H29N5O2/c1-4-26-16-7-5-10-24-17(15(2)21-18(16)24)19(25)20-8-6-9-23-13-11-22(3)12-14-23/h5,7,10H,4,6,8-9,11-14H2,1-3H3,(H,20,25). The number of nitrogens with one attached hydrogen (secondary N) is 1. The van der Waals surface area contributed by atoms with Crippen LogP contribution in [-0.2, 0) is 0 Å². The molecule has 7 heteroatoms. The minimum Gasteiger partial charge on any atom is -0.490 e. The molecule has 7 nitrogen and oxygen atoms in total. The maximum atomic E-state index is 12.7. The van der Waals surface area contributed by atoms with E-state index in [1.165, 1.54) is 0 Å². The van der Waals surface area contributed by atoms with Crippen LogP contribution in [0.1, 0.15) is 29.5 Å². The number of fused-ring (bicyclic) bond motifs is 1. The first kappa shape index (κ1) is 18.7. The van der Waals surface area contributed by atoms with E-state index in [1.54, 1.807) is 0 Å². The third kappa shape index (κ3) is 4.16. The summed E-state index contributed by atoms with van der Waals surface area (Å²) in [5, 5.41) is 3.04. The summed E-state index contributed by atoms with van der Waals surface area (Å²) in [6.07, 6.45) is 2.81. The van der Waals surface area contributed by atoms with E-state index in [-0.39, 0.29) is 5.91 Å². The van der Waals surface area contributed by atoms with Gasteiger partial charge in [-0.3, -0.25) is 9.20 Å². The zero-order valence-corrected chi connectivity index (χ0v) is 16.0. The summed E-state index contributed by atoms with van der Waals surface area (Å²) in [4.78, 5) is 22.0. The van der Waals surface area contributed by atoms with Crippen molar-refractivity contribution in [2.24, 2.45) is 0 Å². The molecule has 0 aromatic carbocycles. The van der Waals surface area contributed by atoms with Gasteiger partial charge in [-0.25, -0.2) is 4.98 Å². The largest absolute Gasteiger partial charge is 0.490 e. The summed E-state index contributed by atoms with van der Waals surface area (Å²) in [5.74, 6) is 0.620. The van der Waals surface area contributed by atoms with Gasteiger partial charge in [0.1, 0.15) is 5.69 Å². The summed E-state index contributed by atoms with van der Waals surface area (Å²) in [6, 6.07) is 3.76. The molecule has 2 aromatic rings. The van der Waals surface area contributed by atoms with Crippen LogP contribution in [0.4, 0.5) is 0 Å². The molecule has 0 aliphatic carbocycles. The fourth-order valence-electron chi connectivity index (χ4n) is 3.36. The Morgan fingerprint density at radius 2 is 2.08 bits per heavy atom. The molecule has 0 atom stereocenters. The predicted octanol–water partition coefficient (Wildman–Crippen LogP) is 1.41. The van der Waals surface area contributed by atoms with Gasteiger partial charge in [0.25, 0.3) is 5.91 Å². The number of carbonyl (C=O) groups is 1. The van der Waals surface area contributed by atoms with Crippen molar-refractivity contribution in [1.29, 1.82) is 0 Å².